The Labute approximate surface area is 367 Å². The van der Waals surface area contributed by atoms with Crippen LogP contribution in [0.2, 0.25) is 0 Å². The highest BCUT2D eigenvalue weighted by Crippen LogP contribution is 2.57. The third kappa shape index (κ3) is 5.93. The molecule has 0 aliphatic heterocycles. The van der Waals surface area contributed by atoms with Crippen molar-refractivity contribution in [3.63, 3.8) is 0 Å². The second-order valence-corrected chi connectivity index (χ2v) is 16.3. The summed E-state index contributed by atoms with van der Waals surface area (Å²) in [7, 11) is 0. The molecule has 296 valence electrons. The normalized spacial score (nSPS) is 12.6. The van der Waals surface area contributed by atoms with Gasteiger partial charge in [0.25, 0.3) is 5.69 Å². The van der Waals surface area contributed by atoms with E-state index in [1.165, 1.54) is 44.5 Å². The zero-order chi connectivity index (χ0) is 41.7. The number of rotatable bonds is 8. The van der Waals surface area contributed by atoms with E-state index in [9.17, 15) is 0 Å². The van der Waals surface area contributed by atoms with Gasteiger partial charge in [-0.1, -0.05) is 188 Å². The smallest absolute Gasteiger partial charge is 0.254 e. The van der Waals surface area contributed by atoms with Crippen LogP contribution in [0.15, 0.2) is 253 Å². The molecular formula is C60H41N2O+. The van der Waals surface area contributed by atoms with Crippen LogP contribution in [0.4, 0.5) is 17.1 Å². The Balaban J connectivity index is 1.06. The van der Waals surface area contributed by atoms with E-state index in [0.29, 0.717) is 0 Å². The van der Waals surface area contributed by atoms with Gasteiger partial charge in [0.15, 0.2) is 12.4 Å². The first kappa shape index (κ1) is 36.6. The summed E-state index contributed by atoms with van der Waals surface area (Å²) in [5.41, 5.74) is 17.6. The summed E-state index contributed by atoms with van der Waals surface area (Å²) in [6, 6.07) is 85.5. The molecule has 0 unspecified atom stereocenters. The Morgan fingerprint density at radius 2 is 0.952 bits per heavy atom. The van der Waals surface area contributed by atoms with Crippen molar-refractivity contribution in [3.8, 4) is 39.1 Å². The summed E-state index contributed by atoms with van der Waals surface area (Å²) in [5, 5.41) is 2.22. The van der Waals surface area contributed by atoms with Crippen LogP contribution in [0.25, 0.3) is 61.0 Å². The molecule has 2 heterocycles. The van der Waals surface area contributed by atoms with E-state index in [1.54, 1.807) is 0 Å². The molecule has 0 radical (unpaired) electrons. The van der Waals surface area contributed by atoms with Gasteiger partial charge in [0.05, 0.1) is 16.8 Å². The fraction of sp³-hybridized carbons (Fsp3) is 0.0167. The molecule has 63 heavy (non-hydrogen) atoms. The van der Waals surface area contributed by atoms with Crippen LogP contribution in [0.3, 0.4) is 0 Å². The molecule has 0 N–H and O–H groups in total. The van der Waals surface area contributed by atoms with Crippen molar-refractivity contribution in [2.75, 3.05) is 4.90 Å². The number of anilines is 3. The topological polar surface area (TPSA) is 20.3 Å². The summed E-state index contributed by atoms with van der Waals surface area (Å²) in [6.45, 7) is 0. The molecule has 0 saturated heterocycles. The van der Waals surface area contributed by atoms with Gasteiger partial charge in [-0.15, -0.1) is 0 Å². The largest absolute Gasteiger partial charge is 0.449 e. The third-order valence-electron chi connectivity index (χ3n) is 12.9. The van der Waals surface area contributed by atoms with Gasteiger partial charge >= 0.3 is 0 Å². The van der Waals surface area contributed by atoms with E-state index in [2.05, 4.69) is 246 Å². The Morgan fingerprint density at radius 3 is 1.70 bits per heavy atom. The first-order chi connectivity index (χ1) is 31.3. The molecule has 11 aromatic rings. The lowest BCUT2D eigenvalue weighted by Crippen LogP contribution is -2.30. The van der Waals surface area contributed by atoms with Gasteiger partial charge in [-0.05, 0) is 80.4 Å². The van der Waals surface area contributed by atoms with Crippen LogP contribution < -0.4 is 9.47 Å². The first-order valence-electron chi connectivity index (χ1n) is 21.6. The molecule has 3 heteroatoms. The Kier molecular flexibility index (Phi) is 8.72. The number of aromatic nitrogens is 1. The minimum atomic E-state index is -0.534. The van der Waals surface area contributed by atoms with Crippen LogP contribution in [0, 0.1) is 0 Å². The Morgan fingerprint density at radius 1 is 0.381 bits per heavy atom. The molecule has 3 nitrogen and oxygen atoms in total. The number of para-hydroxylation sites is 3. The number of benzene rings is 9. The fourth-order valence-corrected chi connectivity index (χ4v) is 10.0. The molecule has 12 rings (SSSR count). The van der Waals surface area contributed by atoms with Crippen molar-refractivity contribution >= 4 is 39.0 Å². The maximum atomic E-state index is 6.49. The number of furan rings is 1. The molecule has 0 fully saturated rings. The molecule has 0 saturated carbocycles. The minimum absolute atomic E-state index is 0.534. The monoisotopic (exact) mass is 805 g/mol. The fourth-order valence-electron chi connectivity index (χ4n) is 10.0. The van der Waals surface area contributed by atoms with Crippen LogP contribution in [0.5, 0.6) is 0 Å². The second-order valence-electron chi connectivity index (χ2n) is 16.3. The van der Waals surface area contributed by atoms with E-state index in [0.717, 1.165) is 55.8 Å². The summed E-state index contributed by atoms with van der Waals surface area (Å²) >= 11 is 0. The molecule has 0 atom stereocenters. The van der Waals surface area contributed by atoms with Gasteiger partial charge in [-0.2, -0.15) is 4.57 Å². The lowest BCUT2D eigenvalue weighted by Gasteiger charge is -2.35. The highest BCUT2D eigenvalue weighted by molar-refractivity contribution is 6.06. The average Bonchev–Trinajstić information content (AvgIpc) is 3.89. The number of nitrogens with zero attached hydrogens (tertiary/aromatic N) is 2. The van der Waals surface area contributed by atoms with Crippen molar-refractivity contribution in [3.05, 3.63) is 271 Å². The third-order valence-corrected chi connectivity index (χ3v) is 12.9. The summed E-state index contributed by atoms with van der Waals surface area (Å²) < 4.78 is 8.65. The van der Waals surface area contributed by atoms with E-state index < -0.39 is 5.41 Å². The van der Waals surface area contributed by atoms with E-state index in [4.69, 9.17) is 4.42 Å². The van der Waals surface area contributed by atoms with Crippen molar-refractivity contribution in [1.29, 1.82) is 0 Å². The van der Waals surface area contributed by atoms with E-state index >= 15 is 0 Å². The lowest BCUT2D eigenvalue weighted by molar-refractivity contribution is -0.594. The zero-order valence-electron chi connectivity index (χ0n) is 34.5. The highest BCUT2D eigenvalue weighted by atomic mass is 16.3. The van der Waals surface area contributed by atoms with Crippen LogP contribution in [-0.2, 0) is 5.41 Å². The van der Waals surface area contributed by atoms with Crippen LogP contribution in [0.1, 0.15) is 22.3 Å². The van der Waals surface area contributed by atoms with Gasteiger partial charge in [0.1, 0.15) is 5.58 Å². The van der Waals surface area contributed by atoms with Gasteiger partial charge < -0.3 is 9.32 Å². The SMILES string of the molecule is c1ccc(-c2ccc(-c3ccccc3N(c3cc[n+](-c4cccc5c4oc4ccccc45)cc3)c3ccc4c(c3)C(c3ccccc3)(c3ccccc3)c3ccccc3-4)cc2)cc1. The Hall–Kier alpha value is -8.27. The Bertz CT molecular complexity index is 3390. The van der Waals surface area contributed by atoms with E-state index in [-0.39, 0.29) is 0 Å². The molecule has 2 aromatic heterocycles. The lowest BCUT2D eigenvalue weighted by atomic mass is 9.67. The van der Waals surface area contributed by atoms with E-state index in [1.807, 2.05) is 12.1 Å². The predicted molar refractivity (Wildman–Crippen MR) is 258 cm³/mol. The minimum Gasteiger partial charge on any atom is -0.449 e. The molecule has 0 spiro atoms. The van der Waals surface area contributed by atoms with Crippen molar-refractivity contribution in [2.24, 2.45) is 0 Å². The number of hydrogen-bond acceptors (Lipinski definition) is 2. The summed E-state index contributed by atoms with van der Waals surface area (Å²) in [5.74, 6) is 0. The van der Waals surface area contributed by atoms with Gasteiger partial charge in [0, 0.05) is 40.2 Å². The summed E-state index contributed by atoms with van der Waals surface area (Å²) in [6.07, 6.45) is 4.31. The molecule has 0 bridgehead atoms. The second kappa shape index (κ2) is 15.0. The summed E-state index contributed by atoms with van der Waals surface area (Å²) in [4.78, 5) is 2.43. The van der Waals surface area contributed by atoms with Gasteiger partial charge in [0.2, 0.25) is 5.58 Å². The van der Waals surface area contributed by atoms with Gasteiger partial charge in [-0.3, -0.25) is 0 Å². The molecule has 0 amide bonds. The van der Waals surface area contributed by atoms with Crippen molar-refractivity contribution in [2.45, 2.75) is 5.41 Å². The standard InChI is InChI=1S/C60H41N2O/c1-4-17-42(18-5-1)43-31-33-44(34-32-43)49-23-11-14-28-56(49)62(47-37-39-61(40-38-47)57-29-16-26-53-52-25-12-15-30-58(52)63-59(53)57)48-35-36-51-50-24-10-13-27-54(50)60(55(51)41-48,45-19-6-2-7-20-45)46-21-8-3-9-22-46/h1-41H/q+1. The van der Waals surface area contributed by atoms with Crippen molar-refractivity contribution in [1.82, 2.24) is 0 Å². The zero-order valence-corrected chi connectivity index (χ0v) is 34.5. The predicted octanol–water partition coefficient (Wildman–Crippen LogP) is 15.0. The van der Waals surface area contributed by atoms with Crippen LogP contribution in [-0.4, -0.2) is 0 Å². The molecule has 1 aliphatic carbocycles. The molecule has 1 aliphatic rings. The van der Waals surface area contributed by atoms with Crippen LogP contribution >= 0.6 is 0 Å². The van der Waals surface area contributed by atoms with Crippen molar-refractivity contribution < 1.29 is 8.98 Å². The number of pyridine rings is 1. The maximum absolute atomic E-state index is 6.49. The van der Waals surface area contributed by atoms with Gasteiger partial charge in [-0.25, -0.2) is 0 Å². The molecular weight excluding hydrogens is 765 g/mol. The number of fused-ring (bicyclic) bond motifs is 6. The quantitative estimate of drug-likeness (QED) is 0.143. The first-order valence-corrected chi connectivity index (χ1v) is 21.6. The maximum Gasteiger partial charge on any atom is 0.254 e. The average molecular weight is 806 g/mol. The number of hydrogen-bond donors (Lipinski definition) is 0. The highest BCUT2D eigenvalue weighted by Gasteiger charge is 2.46. The molecule has 9 aromatic carbocycles.